The molecule has 0 aliphatic heterocycles. The van der Waals surface area contributed by atoms with Gasteiger partial charge in [0.05, 0.1) is 6.04 Å². The Labute approximate surface area is 104 Å². The highest BCUT2D eigenvalue weighted by molar-refractivity contribution is 5.35. The minimum absolute atomic E-state index is 0.0935. The lowest BCUT2D eigenvalue weighted by molar-refractivity contribution is 0.427. The molecular formula is C14H13F2NO. The summed E-state index contributed by atoms with van der Waals surface area (Å²) in [5.74, 6) is 0.0789. The van der Waals surface area contributed by atoms with Gasteiger partial charge in [-0.2, -0.15) is 0 Å². The van der Waals surface area contributed by atoms with Gasteiger partial charge in [0.1, 0.15) is 12.4 Å². The number of hydrogen-bond donors (Lipinski definition) is 1. The van der Waals surface area contributed by atoms with Crippen LogP contribution in [0.2, 0.25) is 0 Å². The minimum Gasteiger partial charge on any atom is -0.454 e. The smallest absolute Gasteiger partial charge is 0.166 e. The van der Waals surface area contributed by atoms with Gasteiger partial charge in [-0.25, -0.2) is 8.78 Å². The van der Waals surface area contributed by atoms with Crippen molar-refractivity contribution in [1.82, 2.24) is 0 Å². The Kier molecular flexibility index (Phi) is 3.89. The van der Waals surface area contributed by atoms with Crippen molar-refractivity contribution in [2.24, 2.45) is 5.73 Å². The van der Waals surface area contributed by atoms with Crippen molar-refractivity contribution >= 4 is 0 Å². The van der Waals surface area contributed by atoms with Crippen molar-refractivity contribution < 1.29 is 13.5 Å². The van der Waals surface area contributed by atoms with E-state index in [1.54, 1.807) is 30.3 Å². The molecule has 2 rings (SSSR count). The number of para-hydroxylation sites is 1. The molecule has 0 saturated carbocycles. The van der Waals surface area contributed by atoms with Crippen LogP contribution in [0.25, 0.3) is 0 Å². The average molecular weight is 249 g/mol. The van der Waals surface area contributed by atoms with Crippen LogP contribution < -0.4 is 10.5 Å². The highest BCUT2D eigenvalue weighted by Crippen LogP contribution is 2.26. The zero-order valence-corrected chi connectivity index (χ0v) is 9.64. The molecular weight excluding hydrogens is 236 g/mol. The molecule has 0 bridgehead atoms. The first-order valence-corrected chi connectivity index (χ1v) is 5.54. The fraction of sp³-hybridized carbons (Fsp3) is 0.143. The highest BCUT2D eigenvalue weighted by atomic mass is 19.1. The van der Waals surface area contributed by atoms with Crippen LogP contribution in [0.1, 0.15) is 11.6 Å². The van der Waals surface area contributed by atoms with E-state index in [-0.39, 0.29) is 5.75 Å². The number of benzene rings is 2. The van der Waals surface area contributed by atoms with Crippen molar-refractivity contribution in [2.45, 2.75) is 6.04 Å². The predicted octanol–water partition coefficient (Wildman–Crippen LogP) is 3.59. The van der Waals surface area contributed by atoms with Crippen molar-refractivity contribution in [1.29, 1.82) is 0 Å². The van der Waals surface area contributed by atoms with Gasteiger partial charge in [-0.05, 0) is 29.8 Å². The fourth-order valence-corrected chi connectivity index (χ4v) is 1.54. The number of halogens is 2. The summed E-state index contributed by atoms with van der Waals surface area (Å²) in [7, 11) is 0. The van der Waals surface area contributed by atoms with E-state index in [4.69, 9.17) is 10.5 Å². The molecule has 0 fully saturated rings. The van der Waals surface area contributed by atoms with Gasteiger partial charge in [0.15, 0.2) is 11.6 Å². The molecule has 94 valence electrons. The predicted molar refractivity (Wildman–Crippen MR) is 65.8 cm³/mol. The molecule has 18 heavy (non-hydrogen) atoms. The van der Waals surface area contributed by atoms with Crippen molar-refractivity contribution in [3.8, 4) is 11.5 Å². The molecule has 0 saturated heterocycles. The molecule has 0 aromatic heterocycles. The van der Waals surface area contributed by atoms with Crippen molar-refractivity contribution in [3.05, 3.63) is 59.9 Å². The zero-order valence-electron chi connectivity index (χ0n) is 9.64. The van der Waals surface area contributed by atoms with Gasteiger partial charge < -0.3 is 10.5 Å². The number of alkyl halides is 1. The van der Waals surface area contributed by atoms with Crippen LogP contribution >= 0.6 is 0 Å². The molecule has 0 heterocycles. The fourth-order valence-electron chi connectivity index (χ4n) is 1.54. The van der Waals surface area contributed by atoms with Crippen LogP contribution in [0.15, 0.2) is 48.5 Å². The van der Waals surface area contributed by atoms with E-state index in [9.17, 15) is 8.78 Å². The second-order valence-corrected chi connectivity index (χ2v) is 3.87. The molecule has 2 N–H and O–H groups in total. The maximum absolute atomic E-state index is 13.7. The maximum atomic E-state index is 13.7. The molecule has 2 nitrogen and oxygen atoms in total. The van der Waals surface area contributed by atoms with E-state index >= 15 is 0 Å². The summed E-state index contributed by atoms with van der Waals surface area (Å²) in [5.41, 5.74) is 5.90. The molecule has 4 heteroatoms. The first-order valence-electron chi connectivity index (χ1n) is 5.54. The Balaban J connectivity index is 2.20. The topological polar surface area (TPSA) is 35.2 Å². The van der Waals surface area contributed by atoms with Crippen molar-refractivity contribution in [2.75, 3.05) is 6.67 Å². The first-order chi connectivity index (χ1) is 8.70. The molecule has 0 aliphatic carbocycles. The number of hydrogen-bond acceptors (Lipinski definition) is 2. The Bertz CT molecular complexity index is 516. The molecule has 0 spiro atoms. The van der Waals surface area contributed by atoms with Gasteiger partial charge in [0, 0.05) is 0 Å². The van der Waals surface area contributed by atoms with Gasteiger partial charge in [-0.1, -0.05) is 24.3 Å². The highest BCUT2D eigenvalue weighted by Gasteiger charge is 2.10. The molecule has 2 aromatic carbocycles. The van der Waals surface area contributed by atoms with Gasteiger partial charge in [-0.3, -0.25) is 0 Å². The molecule has 0 aliphatic rings. The third-order valence-electron chi connectivity index (χ3n) is 2.52. The minimum atomic E-state index is -0.801. The molecule has 1 unspecified atom stereocenters. The Morgan fingerprint density at radius 3 is 2.44 bits per heavy atom. The normalized spacial score (nSPS) is 12.2. The van der Waals surface area contributed by atoms with Gasteiger partial charge in [-0.15, -0.1) is 0 Å². The summed E-state index contributed by atoms with van der Waals surface area (Å²) >= 11 is 0. The van der Waals surface area contributed by atoms with E-state index in [0.29, 0.717) is 11.3 Å². The maximum Gasteiger partial charge on any atom is 0.166 e. The van der Waals surface area contributed by atoms with Gasteiger partial charge in [0.25, 0.3) is 0 Å². The molecule has 0 amide bonds. The third kappa shape index (κ3) is 2.84. The Morgan fingerprint density at radius 2 is 1.83 bits per heavy atom. The third-order valence-corrected chi connectivity index (χ3v) is 2.52. The van der Waals surface area contributed by atoms with Crippen LogP contribution in [0.5, 0.6) is 11.5 Å². The summed E-state index contributed by atoms with van der Waals surface area (Å²) in [5, 5.41) is 0. The quantitative estimate of drug-likeness (QED) is 0.898. The van der Waals surface area contributed by atoms with E-state index < -0.39 is 18.5 Å². The lowest BCUT2D eigenvalue weighted by Crippen LogP contribution is -2.12. The van der Waals surface area contributed by atoms with Crippen LogP contribution in [-0.2, 0) is 0 Å². The summed E-state index contributed by atoms with van der Waals surface area (Å²) in [6.45, 7) is -0.724. The monoisotopic (exact) mass is 249 g/mol. The Morgan fingerprint density at radius 1 is 1.11 bits per heavy atom. The molecule has 0 radical (unpaired) electrons. The van der Waals surface area contributed by atoms with E-state index in [2.05, 4.69) is 0 Å². The van der Waals surface area contributed by atoms with E-state index in [1.165, 1.54) is 12.1 Å². The summed E-state index contributed by atoms with van der Waals surface area (Å²) in [6, 6.07) is 12.3. The number of ether oxygens (including phenoxy) is 1. The van der Waals surface area contributed by atoms with Crippen LogP contribution in [0, 0.1) is 5.82 Å². The van der Waals surface area contributed by atoms with Crippen molar-refractivity contribution in [3.63, 3.8) is 0 Å². The van der Waals surface area contributed by atoms with Crippen LogP contribution in [0.4, 0.5) is 8.78 Å². The van der Waals surface area contributed by atoms with Gasteiger partial charge in [0.2, 0.25) is 0 Å². The molecule has 2 aromatic rings. The first kappa shape index (κ1) is 12.5. The van der Waals surface area contributed by atoms with Crippen LogP contribution in [0.3, 0.4) is 0 Å². The second-order valence-electron chi connectivity index (χ2n) is 3.87. The second kappa shape index (κ2) is 5.60. The molecule has 1 atom stereocenters. The van der Waals surface area contributed by atoms with E-state index in [0.717, 1.165) is 0 Å². The Hall–Kier alpha value is -1.94. The summed E-state index contributed by atoms with van der Waals surface area (Å²) < 4.78 is 31.5. The number of rotatable bonds is 4. The lowest BCUT2D eigenvalue weighted by atomic mass is 10.1. The summed E-state index contributed by atoms with van der Waals surface area (Å²) in [4.78, 5) is 0. The largest absolute Gasteiger partial charge is 0.454 e. The summed E-state index contributed by atoms with van der Waals surface area (Å²) in [6.07, 6.45) is 0. The lowest BCUT2D eigenvalue weighted by Gasteiger charge is -2.10. The van der Waals surface area contributed by atoms with Crippen LogP contribution in [-0.4, -0.2) is 6.67 Å². The standard InChI is InChI=1S/C14H13F2NO/c15-9-13(17)10-6-7-14(12(16)8-10)18-11-4-2-1-3-5-11/h1-8,13H,9,17H2. The average Bonchev–Trinajstić information content (AvgIpc) is 2.41. The zero-order chi connectivity index (χ0) is 13.0. The van der Waals surface area contributed by atoms with Gasteiger partial charge >= 0.3 is 0 Å². The number of nitrogens with two attached hydrogens (primary N) is 1. The SMILES string of the molecule is NC(CF)c1ccc(Oc2ccccc2)c(F)c1. The van der Waals surface area contributed by atoms with E-state index in [1.807, 2.05) is 6.07 Å².